The second-order valence-corrected chi connectivity index (χ2v) is 6.32. The van der Waals surface area contributed by atoms with E-state index in [4.69, 9.17) is 4.74 Å². The molecule has 0 aromatic heterocycles. The van der Waals surface area contributed by atoms with E-state index in [-0.39, 0.29) is 17.7 Å². The van der Waals surface area contributed by atoms with Gasteiger partial charge in [-0.05, 0) is 45.4 Å². The van der Waals surface area contributed by atoms with Gasteiger partial charge in [-0.3, -0.25) is 9.59 Å². The highest BCUT2D eigenvalue weighted by Gasteiger charge is 2.60. The first-order chi connectivity index (χ1) is 9.96. The Morgan fingerprint density at radius 2 is 1.86 bits per heavy atom. The van der Waals surface area contributed by atoms with Crippen molar-refractivity contribution >= 4 is 11.8 Å². The molecule has 1 atom stereocenters. The first-order valence-electron chi connectivity index (χ1n) is 8.18. The van der Waals surface area contributed by atoms with Crippen molar-refractivity contribution in [1.82, 2.24) is 10.2 Å². The summed E-state index contributed by atoms with van der Waals surface area (Å²) in [6.45, 7) is 9.38. The fourth-order valence-corrected chi connectivity index (χ4v) is 3.40. The van der Waals surface area contributed by atoms with Crippen LogP contribution >= 0.6 is 0 Å². The monoisotopic (exact) mass is 296 g/mol. The molecule has 1 aliphatic heterocycles. The predicted octanol–water partition coefficient (Wildman–Crippen LogP) is 1.71. The zero-order valence-electron chi connectivity index (χ0n) is 13.7. The maximum Gasteiger partial charge on any atom is 0.249 e. The van der Waals surface area contributed by atoms with Gasteiger partial charge in [0.1, 0.15) is 11.1 Å². The molecule has 2 rings (SSSR count). The van der Waals surface area contributed by atoms with Crippen LogP contribution in [0.2, 0.25) is 0 Å². The van der Waals surface area contributed by atoms with E-state index in [1.807, 2.05) is 27.7 Å². The lowest BCUT2D eigenvalue weighted by atomic mass is 9.80. The zero-order valence-corrected chi connectivity index (χ0v) is 13.7. The highest BCUT2D eigenvalue weighted by molar-refractivity contribution is 6.02. The Balaban J connectivity index is 2.30. The van der Waals surface area contributed by atoms with Crippen LogP contribution in [0.3, 0.4) is 0 Å². The third-order valence-electron chi connectivity index (χ3n) is 5.27. The number of rotatable bonds is 7. The van der Waals surface area contributed by atoms with Crippen molar-refractivity contribution < 1.29 is 14.3 Å². The van der Waals surface area contributed by atoms with E-state index in [1.54, 1.807) is 4.90 Å². The van der Waals surface area contributed by atoms with Gasteiger partial charge < -0.3 is 15.0 Å². The molecule has 1 aliphatic carbocycles. The first kappa shape index (κ1) is 16.3. The highest BCUT2D eigenvalue weighted by Crippen LogP contribution is 2.46. The lowest BCUT2D eigenvalue weighted by Crippen LogP contribution is -2.75. The Kier molecular flexibility index (Phi) is 4.61. The van der Waals surface area contributed by atoms with Crippen molar-refractivity contribution in [2.24, 2.45) is 5.92 Å². The van der Waals surface area contributed by atoms with Gasteiger partial charge in [-0.25, -0.2) is 0 Å². The molecule has 2 aliphatic rings. The lowest BCUT2D eigenvalue weighted by Gasteiger charge is -2.51. The number of nitrogens with zero attached hydrogens (tertiary/aromatic N) is 1. The normalized spacial score (nSPS) is 28.7. The second kappa shape index (κ2) is 5.95. The molecular formula is C16H28N2O3. The predicted molar refractivity (Wildman–Crippen MR) is 80.8 cm³/mol. The summed E-state index contributed by atoms with van der Waals surface area (Å²) in [7, 11) is 0. The summed E-state index contributed by atoms with van der Waals surface area (Å²) in [5.41, 5.74) is -1.44. The smallest absolute Gasteiger partial charge is 0.249 e. The van der Waals surface area contributed by atoms with E-state index in [0.29, 0.717) is 32.6 Å². The molecule has 1 heterocycles. The van der Waals surface area contributed by atoms with Crippen molar-refractivity contribution in [3.05, 3.63) is 0 Å². The van der Waals surface area contributed by atoms with Crippen LogP contribution in [0.4, 0.5) is 0 Å². The van der Waals surface area contributed by atoms with Gasteiger partial charge >= 0.3 is 0 Å². The summed E-state index contributed by atoms with van der Waals surface area (Å²) in [6, 6.07) is 0. The molecular weight excluding hydrogens is 268 g/mol. The Morgan fingerprint density at radius 1 is 1.24 bits per heavy atom. The molecule has 5 heteroatoms. The topological polar surface area (TPSA) is 58.6 Å². The average molecular weight is 296 g/mol. The Bertz CT molecular complexity index is 416. The van der Waals surface area contributed by atoms with Crippen molar-refractivity contribution in [3.8, 4) is 0 Å². The fraction of sp³-hybridized carbons (Fsp3) is 0.875. The third-order valence-corrected chi connectivity index (χ3v) is 5.27. The van der Waals surface area contributed by atoms with Gasteiger partial charge in [0.2, 0.25) is 11.8 Å². The Morgan fingerprint density at radius 3 is 2.33 bits per heavy atom. The minimum atomic E-state index is -0.738. The molecule has 0 aromatic carbocycles. The molecule has 1 unspecified atom stereocenters. The summed E-state index contributed by atoms with van der Waals surface area (Å²) in [6.07, 6.45) is 3.29. The molecule has 0 bridgehead atoms. The first-order valence-corrected chi connectivity index (χ1v) is 8.18. The van der Waals surface area contributed by atoms with Crippen LogP contribution in [0.1, 0.15) is 53.4 Å². The maximum atomic E-state index is 13.1. The molecule has 2 amide bonds. The average Bonchev–Trinajstić information content (AvgIpc) is 3.32. The van der Waals surface area contributed by atoms with Crippen molar-refractivity contribution in [2.75, 3.05) is 19.8 Å². The van der Waals surface area contributed by atoms with Gasteiger partial charge in [0.25, 0.3) is 0 Å². The molecule has 21 heavy (non-hydrogen) atoms. The van der Waals surface area contributed by atoms with Crippen molar-refractivity contribution in [1.29, 1.82) is 0 Å². The standard InChI is InChI=1S/C16H28N2O3/c1-5-16(6-2)14(20)18(10-11-21-7-3)15(4,12-8-9-12)13(19)17-16/h12H,5-11H2,1-4H3,(H,17,19). The summed E-state index contributed by atoms with van der Waals surface area (Å²) >= 11 is 0. The van der Waals surface area contributed by atoms with Gasteiger partial charge in [-0.2, -0.15) is 0 Å². The summed E-state index contributed by atoms with van der Waals surface area (Å²) in [4.78, 5) is 27.6. The molecule has 120 valence electrons. The van der Waals surface area contributed by atoms with E-state index in [1.165, 1.54) is 0 Å². The zero-order chi connectivity index (χ0) is 15.7. The fourth-order valence-electron chi connectivity index (χ4n) is 3.40. The van der Waals surface area contributed by atoms with Gasteiger partial charge in [0.15, 0.2) is 0 Å². The van der Waals surface area contributed by atoms with Crippen LogP contribution in [0.15, 0.2) is 0 Å². The number of piperazine rings is 1. The maximum absolute atomic E-state index is 13.1. The summed E-state index contributed by atoms with van der Waals surface area (Å²) in [5.74, 6) is 0.348. The van der Waals surface area contributed by atoms with Crippen LogP contribution in [0.25, 0.3) is 0 Å². The number of carbonyl (C=O) groups excluding carboxylic acids is 2. The molecule has 1 saturated carbocycles. The molecule has 2 fully saturated rings. The molecule has 0 radical (unpaired) electrons. The van der Waals surface area contributed by atoms with E-state index in [9.17, 15) is 9.59 Å². The largest absolute Gasteiger partial charge is 0.380 e. The quantitative estimate of drug-likeness (QED) is 0.728. The van der Waals surface area contributed by atoms with E-state index in [2.05, 4.69) is 5.32 Å². The van der Waals surface area contributed by atoms with E-state index < -0.39 is 11.1 Å². The van der Waals surface area contributed by atoms with Crippen molar-refractivity contribution in [2.45, 2.75) is 64.5 Å². The lowest BCUT2D eigenvalue weighted by molar-refractivity contribution is -0.165. The van der Waals surface area contributed by atoms with Gasteiger partial charge in [-0.15, -0.1) is 0 Å². The minimum Gasteiger partial charge on any atom is -0.380 e. The molecule has 1 N–H and O–H groups in total. The van der Waals surface area contributed by atoms with Gasteiger partial charge in [0, 0.05) is 13.2 Å². The van der Waals surface area contributed by atoms with Crippen LogP contribution < -0.4 is 5.32 Å². The summed E-state index contributed by atoms with van der Waals surface area (Å²) in [5, 5.41) is 3.04. The third kappa shape index (κ3) is 2.56. The number of nitrogens with one attached hydrogen (secondary N) is 1. The minimum absolute atomic E-state index is 0.00444. The summed E-state index contributed by atoms with van der Waals surface area (Å²) < 4.78 is 5.42. The SMILES string of the molecule is CCOCCN1C(=O)C(CC)(CC)NC(=O)C1(C)C1CC1. The van der Waals surface area contributed by atoms with E-state index >= 15 is 0 Å². The van der Waals surface area contributed by atoms with Crippen LogP contribution in [0.5, 0.6) is 0 Å². The number of ether oxygens (including phenoxy) is 1. The molecule has 5 nitrogen and oxygen atoms in total. The number of amides is 2. The number of hydrogen-bond acceptors (Lipinski definition) is 3. The molecule has 1 saturated heterocycles. The molecule has 0 aromatic rings. The van der Waals surface area contributed by atoms with Crippen LogP contribution in [-0.4, -0.2) is 47.6 Å². The highest BCUT2D eigenvalue weighted by atomic mass is 16.5. The van der Waals surface area contributed by atoms with Gasteiger partial charge in [0.05, 0.1) is 6.61 Å². The Hall–Kier alpha value is -1.10. The van der Waals surface area contributed by atoms with Crippen molar-refractivity contribution in [3.63, 3.8) is 0 Å². The van der Waals surface area contributed by atoms with E-state index in [0.717, 1.165) is 12.8 Å². The number of carbonyl (C=O) groups is 2. The Labute approximate surface area is 127 Å². The van der Waals surface area contributed by atoms with Gasteiger partial charge in [-0.1, -0.05) is 13.8 Å². The van der Waals surface area contributed by atoms with Crippen LogP contribution in [0, 0.1) is 5.92 Å². The molecule has 0 spiro atoms. The number of hydrogen-bond donors (Lipinski definition) is 1. The second-order valence-electron chi connectivity index (χ2n) is 6.32. The van der Waals surface area contributed by atoms with Crippen LogP contribution in [-0.2, 0) is 14.3 Å².